The van der Waals surface area contributed by atoms with E-state index in [9.17, 15) is 0 Å². The minimum absolute atomic E-state index is 0.449. The first-order chi connectivity index (χ1) is 16.3. The smallest absolute Gasteiger partial charge is 0.180 e. The summed E-state index contributed by atoms with van der Waals surface area (Å²) in [5, 5.41) is 7.05. The van der Waals surface area contributed by atoms with Crippen LogP contribution in [0.5, 0.6) is 11.5 Å². The number of piperidine rings is 1. The van der Waals surface area contributed by atoms with Gasteiger partial charge in [-0.2, -0.15) is 5.10 Å². The lowest BCUT2D eigenvalue weighted by molar-refractivity contribution is 0.479. The second kappa shape index (κ2) is 8.38. The summed E-state index contributed by atoms with van der Waals surface area (Å²) in [5.74, 6) is 3.53. The quantitative estimate of drug-likeness (QED) is 0.429. The molecule has 0 saturated carbocycles. The molecule has 0 amide bonds. The second-order valence-corrected chi connectivity index (χ2v) is 8.21. The van der Waals surface area contributed by atoms with Crippen LogP contribution in [-0.4, -0.2) is 42.6 Å². The third-order valence-corrected chi connectivity index (χ3v) is 6.06. The van der Waals surface area contributed by atoms with Gasteiger partial charge in [0.25, 0.3) is 0 Å². The van der Waals surface area contributed by atoms with Gasteiger partial charge in [0.05, 0.1) is 18.6 Å². The molecule has 0 bridgehead atoms. The Labute approximate surface area is 190 Å². The van der Waals surface area contributed by atoms with E-state index in [1.807, 2.05) is 83.9 Å². The summed E-state index contributed by atoms with van der Waals surface area (Å²) >= 11 is 0. The monoisotopic (exact) mass is 437 g/mol. The van der Waals surface area contributed by atoms with Crippen LogP contribution in [0.15, 0.2) is 79.5 Å². The second-order valence-electron chi connectivity index (χ2n) is 8.21. The molecule has 1 aliphatic heterocycles. The van der Waals surface area contributed by atoms with E-state index in [2.05, 4.69) is 25.1 Å². The molecule has 1 fully saturated rings. The predicted molar refractivity (Wildman–Crippen MR) is 126 cm³/mol. The van der Waals surface area contributed by atoms with Crippen molar-refractivity contribution in [3.8, 4) is 23.0 Å². The largest absolute Gasteiger partial charge is 0.456 e. The van der Waals surface area contributed by atoms with Crippen LogP contribution >= 0.6 is 0 Å². The van der Waals surface area contributed by atoms with E-state index in [0.717, 1.165) is 54.6 Å². The first kappa shape index (κ1) is 19.5. The van der Waals surface area contributed by atoms with Crippen LogP contribution in [0.25, 0.3) is 17.2 Å². The zero-order valence-corrected chi connectivity index (χ0v) is 18.0. The summed E-state index contributed by atoms with van der Waals surface area (Å²) in [6.45, 7) is 1.89. The van der Waals surface area contributed by atoms with Crippen LogP contribution in [0.4, 0.5) is 5.82 Å². The lowest BCUT2D eigenvalue weighted by Crippen LogP contribution is -2.34. The highest BCUT2D eigenvalue weighted by Crippen LogP contribution is 2.30. The van der Waals surface area contributed by atoms with E-state index in [-0.39, 0.29) is 0 Å². The molecule has 1 saturated heterocycles. The van der Waals surface area contributed by atoms with E-state index in [1.54, 1.807) is 0 Å². The van der Waals surface area contributed by atoms with Crippen LogP contribution in [0.1, 0.15) is 24.3 Å². The molecule has 1 unspecified atom stereocenters. The Morgan fingerprint density at radius 2 is 1.91 bits per heavy atom. The van der Waals surface area contributed by atoms with Gasteiger partial charge in [-0.05, 0) is 48.7 Å². The molecule has 5 heterocycles. The van der Waals surface area contributed by atoms with Crippen molar-refractivity contribution in [3.05, 3.63) is 85.1 Å². The number of nitrogens with zero attached hydrogens (tertiary/aromatic N) is 6. The van der Waals surface area contributed by atoms with Gasteiger partial charge in [0.1, 0.15) is 28.7 Å². The maximum Gasteiger partial charge on any atom is 0.180 e. The number of hydrogen-bond acceptors (Lipinski definition) is 6. The van der Waals surface area contributed by atoms with E-state index >= 15 is 0 Å². The number of nitrogens with one attached hydrogen (secondary N) is 1. The Morgan fingerprint density at radius 3 is 2.79 bits per heavy atom. The van der Waals surface area contributed by atoms with Gasteiger partial charge in [-0.1, -0.05) is 18.2 Å². The normalized spacial score (nSPS) is 16.2. The molecule has 1 N–H and O–H groups in total. The SMILES string of the molecule is c1ccc(Oc2ccc3ncc(-c4nccc(N5CCCC(c6cn[nH]c6)C5)n4)n3c2)cc1. The molecule has 5 aromatic rings. The molecule has 1 atom stereocenters. The number of ether oxygens (including phenoxy) is 1. The number of hydrogen-bond donors (Lipinski definition) is 1. The minimum atomic E-state index is 0.449. The van der Waals surface area contributed by atoms with Crippen LogP contribution in [0.2, 0.25) is 0 Å². The van der Waals surface area contributed by atoms with E-state index in [1.165, 1.54) is 5.56 Å². The number of aromatic nitrogens is 6. The molecule has 1 aromatic carbocycles. The highest BCUT2D eigenvalue weighted by atomic mass is 16.5. The van der Waals surface area contributed by atoms with Gasteiger partial charge in [-0.25, -0.2) is 15.0 Å². The van der Waals surface area contributed by atoms with Crippen molar-refractivity contribution in [2.75, 3.05) is 18.0 Å². The summed E-state index contributed by atoms with van der Waals surface area (Å²) in [7, 11) is 0. The van der Waals surface area contributed by atoms with Crippen molar-refractivity contribution in [3.63, 3.8) is 0 Å². The molecule has 6 rings (SSSR count). The van der Waals surface area contributed by atoms with E-state index < -0.39 is 0 Å². The zero-order valence-electron chi connectivity index (χ0n) is 18.0. The minimum Gasteiger partial charge on any atom is -0.456 e. The molecule has 4 aromatic heterocycles. The third kappa shape index (κ3) is 3.91. The van der Waals surface area contributed by atoms with Crippen LogP contribution in [0.3, 0.4) is 0 Å². The van der Waals surface area contributed by atoms with Crippen molar-refractivity contribution in [2.45, 2.75) is 18.8 Å². The van der Waals surface area contributed by atoms with Crippen molar-refractivity contribution >= 4 is 11.5 Å². The summed E-state index contributed by atoms with van der Waals surface area (Å²) < 4.78 is 7.98. The van der Waals surface area contributed by atoms with Gasteiger partial charge >= 0.3 is 0 Å². The van der Waals surface area contributed by atoms with Crippen LogP contribution < -0.4 is 9.64 Å². The van der Waals surface area contributed by atoms with Gasteiger partial charge in [-0.3, -0.25) is 9.50 Å². The lowest BCUT2D eigenvalue weighted by atomic mass is 9.93. The first-order valence-electron chi connectivity index (χ1n) is 11.1. The van der Waals surface area contributed by atoms with Gasteiger partial charge in [0.2, 0.25) is 0 Å². The lowest BCUT2D eigenvalue weighted by Gasteiger charge is -2.33. The molecule has 1 aliphatic rings. The Kier molecular flexibility index (Phi) is 4.95. The fourth-order valence-corrected chi connectivity index (χ4v) is 4.40. The van der Waals surface area contributed by atoms with Gasteiger partial charge in [-0.15, -0.1) is 0 Å². The Balaban J connectivity index is 1.30. The van der Waals surface area contributed by atoms with Crippen LogP contribution in [-0.2, 0) is 0 Å². The average molecular weight is 438 g/mol. The summed E-state index contributed by atoms with van der Waals surface area (Å²) in [5.41, 5.74) is 2.90. The number of aromatic amines is 1. The molecule has 164 valence electrons. The number of rotatable bonds is 5. The molecule has 8 nitrogen and oxygen atoms in total. The molecule has 33 heavy (non-hydrogen) atoms. The number of anilines is 1. The number of imidazole rings is 1. The molecule has 0 aliphatic carbocycles. The number of para-hydroxylation sites is 1. The van der Waals surface area contributed by atoms with Crippen molar-refractivity contribution in [1.29, 1.82) is 0 Å². The third-order valence-electron chi connectivity index (χ3n) is 6.06. The van der Waals surface area contributed by atoms with Gasteiger partial charge in [0.15, 0.2) is 5.82 Å². The summed E-state index contributed by atoms with van der Waals surface area (Å²) in [6, 6.07) is 15.6. The first-order valence-corrected chi connectivity index (χ1v) is 11.1. The van der Waals surface area contributed by atoms with Crippen molar-refractivity contribution < 1.29 is 4.74 Å². The Hall–Kier alpha value is -4.20. The number of pyridine rings is 1. The van der Waals surface area contributed by atoms with E-state index in [0.29, 0.717) is 11.7 Å². The highest BCUT2D eigenvalue weighted by Gasteiger charge is 2.23. The van der Waals surface area contributed by atoms with Crippen molar-refractivity contribution in [1.82, 2.24) is 29.5 Å². The molecule has 0 radical (unpaired) electrons. The topological polar surface area (TPSA) is 84.2 Å². The maximum absolute atomic E-state index is 6.01. The fraction of sp³-hybridized carbons (Fsp3) is 0.200. The highest BCUT2D eigenvalue weighted by molar-refractivity contribution is 5.59. The van der Waals surface area contributed by atoms with E-state index in [4.69, 9.17) is 9.72 Å². The predicted octanol–water partition coefficient (Wildman–Crippen LogP) is 4.69. The average Bonchev–Trinajstić information content (AvgIpc) is 3.55. The van der Waals surface area contributed by atoms with Gasteiger partial charge in [0, 0.05) is 31.4 Å². The van der Waals surface area contributed by atoms with Crippen molar-refractivity contribution in [2.24, 2.45) is 0 Å². The fourth-order valence-electron chi connectivity index (χ4n) is 4.40. The Bertz CT molecular complexity index is 1360. The molecular weight excluding hydrogens is 414 g/mol. The standard InChI is InChI=1S/C25H23N7O/c1-2-6-20(7-3-1)33-21-8-9-23-27-15-22(32(23)17-21)25-26-11-10-24(30-25)31-12-4-5-18(16-31)19-13-28-29-14-19/h1-3,6-11,13-15,17-18H,4-5,12,16H2,(H,28,29). The molecular formula is C25H23N7O. The molecule has 8 heteroatoms. The van der Waals surface area contributed by atoms with Crippen LogP contribution in [0, 0.1) is 0 Å². The number of H-pyrrole nitrogens is 1. The maximum atomic E-state index is 6.01. The summed E-state index contributed by atoms with van der Waals surface area (Å²) in [4.78, 5) is 16.3. The molecule has 0 spiro atoms. The number of benzene rings is 1. The zero-order chi connectivity index (χ0) is 22.0. The van der Waals surface area contributed by atoms with Gasteiger partial charge < -0.3 is 9.64 Å². The Morgan fingerprint density at radius 1 is 0.970 bits per heavy atom. The number of fused-ring (bicyclic) bond motifs is 1. The summed E-state index contributed by atoms with van der Waals surface area (Å²) in [6.07, 6.45) is 11.8.